The number of nitrogens with zero attached hydrogens (tertiary/aromatic N) is 2. The third kappa shape index (κ3) is 12.0. The highest BCUT2D eigenvalue weighted by Crippen LogP contribution is 2.38. The maximum absolute atomic E-state index is 6.44. The van der Waals surface area contributed by atoms with Crippen LogP contribution in [0.3, 0.4) is 0 Å². The second-order valence-electron chi connectivity index (χ2n) is 12.8. The number of benzene rings is 2. The van der Waals surface area contributed by atoms with Crippen LogP contribution in [-0.4, -0.2) is 37.5 Å². The molecule has 4 heteroatoms. The minimum Gasteiger partial charge on any atom is -0.390 e. The third-order valence-electron chi connectivity index (χ3n) is 8.95. The zero-order chi connectivity index (χ0) is 35.6. The molecule has 0 bridgehead atoms. The molecule has 0 aromatic heterocycles. The van der Waals surface area contributed by atoms with E-state index in [0.29, 0.717) is 19.8 Å². The first-order valence-corrected chi connectivity index (χ1v) is 17.5. The third-order valence-corrected chi connectivity index (χ3v) is 8.95. The van der Waals surface area contributed by atoms with Crippen LogP contribution in [0.25, 0.3) is 0 Å². The quantitative estimate of drug-likeness (QED) is 0.172. The molecule has 51 heavy (non-hydrogen) atoms. The number of aliphatic imine (C=N–C) groups is 1. The molecule has 4 nitrogen and oxygen atoms in total. The van der Waals surface area contributed by atoms with Crippen LogP contribution in [0.2, 0.25) is 0 Å². The first-order valence-electron chi connectivity index (χ1n) is 17.5. The van der Waals surface area contributed by atoms with Crippen LogP contribution in [0.1, 0.15) is 45.2 Å². The Labute approximate surface area is 308 Å². The second kappa shape index (κ2) is 21.1. The van der Waals surface area contributed by atoms with E-state index in [1.807, 2.05) is 24.3 Å². The summed E-state index contributed by atoms with van der Waals surface area (Å²) < 4.78 is 6.44. The monoisotopic (exact) mass is 679 g/mol. The number of rotatable bonds is 8. The standard InChI is InChI=1S/C39H45N3O.C7H8.CH4/c1-5-6-19-35(37(41-30-40)22-21-34-17-11-7-12-18-34)32(3)27-42-26-15-8-10-16-31(2)36-28-43-29-39(24-13-9-14-25-39)33(4)20-23-38(36)42;1-7-5-3-2-4-6-7;/h6-20,22-24,30H,2,4-5,21,25-29H2,1,3H3,(H2,40,41);2-6H,1H3;1H4/b15-8-,16-10-,19-6-,23-20-,35-32+,37-22-,38-36-;;. The van der Waals surface area contributed by atoms with E-state index in [0.717, 1.165) is 59.5 Å². The molecule has 5 rings (SSSR count). The minimum absolute atomic E-state index is 0. The lowest BCUT2D eigenvalue weighted by Crippen LogP contribution is -2.28. The average molecular weight is 680 g/mol. The van der Waals surface area contributed by atoms with Crippen molar-refractivity contribution < 1.29 is 4.74 Å². The van der Waals surface area contributed by atoms with Gasteiger partial charge in [-0.3, -0.25) is 0 Å². The van der Waals surface area contributed by atoms with Gasteiger partial charge in [-0.15, -0.1) is 0 Å². The van der Waals surface area contributed by atoms with Gasteiger partial charge in [0, 0.05) is 35.3 Å². The Morgan fingerprint density at radius 2 is 1.69 bits per heavy atom. The minimum atomic E-state index is -0.239. The zero-order valence-corrected chi connectivity index (χ0v) is 30.1. The summed E-state index contributed by atoms with van der Waals surface area (Å²) in [5, 5.41) is 0. The van der Waals surface area contributed by atoms with Gasteiger partial charge in [-0.25, -0.2) is 4.99 Å². The number of aryl methyl sites for hydroxylation is 1. The smallest absolute Gasteiger partial charge is 0.0860 e. The van der Waals surface area contributed by atoms with Crippen LogP contribution in [0.5, 0.6) is 0 Å². The van der Waals surface area contributed by atoms with Gasteiger partial charge < -0.3 is 15.4 Å². The van der Waals surface area contributed by atoms with Crippen molar-refractivity contribution in [2.45, 2.75) is 47.5 Å². The largest absolute Gasteiger partial charge is 0.390 e. The normalized spacial score (nSPS) is 23.0. The summed E-state index contributed by atoms with van der Waals surface area (Å²) >= 11 is 0. The molecular weight excluding hydrogens is 623 g/mol. The molecule has 2 aromatic carbocycles. The molecule has 1 unspecified atom stereocenters. The number of hydrogen-bond donors (Lipinski definition) is 1. The highest BCUT2D eigenvalue weighted by molar-refractivity contribution is 5.58. The van der Waals surface area contributed by atoms with Gasteiger partial charge in [0.25, 0.3) is 0 Å². The van der Waals surface area contributed by atoms with Crippen LogP contribution in [0.15, 0.2) is 197 Å². The van der Waals surface area contributed by atoms with Crippen molar-refractivity contribution >= 4 is 6.34 Å². The van der Waals surface area contributed by atoms with Crippen LogP contribution in [0, 0.1) is 12.3 Å². The fourth-order valence-corrected chi connectivity index (χ4v) is 6.03. The van der Waals surface area contributed by atoms with E-state index in [2.05, 4.69) is 159 Å². The second-order valence-corrected chi connectivity index (χ2v) is 12.8. The van der Waals surface area contributed by atoms with Crippen LogP contribution >= 0.6 is 0 Å². The van der Waals surface area contributed by atoms with Crippen molar-refractivity contribution in [3.05, 3.63) is 203 Å². The van der Waals surface area contributed by atoms with Crippen molar-refractivity contribution in [1.29, 1.82) is 0 Å². The molecule has 0 amide bonds. The summed E-state index contributed by atoms with van der Waals surface area (Å²) in [7, 11) is 0. The lowest BCUT2D eigenvalue weighted by atomic mass is 9.76. The number of ether oxygens (including phenoxy) is 1. The van der Waals surface area contributed by atoms with Crippen molar-refractivity contribution in [2.75, 3.05) is 26.3 Å². The molecule has 2 aliphatic heterocycles. The van der Waals surface area contributed by atoms with Crippen molar-refractivity contribution in [1.82, 2.24) is 4.90 Å². The molecule has 1 atom stereocenters. The summed E-state index contributed by atoms with van der Waals surface area (Å²) in [6.45, 7) is 17.8. The molecule has 266 valence electrons. The molecule has 2 N–H and O–H groups in total. The summed E-state index contributed by atoms with van der Waals surface area (Å²) in [5.41, 5.74) is 15.5. The topological polar surface area (TPSA) is 50.8 Å². The predicted octanol–water partition coefficient (Wildman–Crippen LogP) is 10.9. The lowest BCUT2D eigenvalue weighted by molar-refractivity contribution is 0.102. The fraction of sp³-hybridized carbons (Fsp3) is 0.255. The van der Waals surface area contributed by atoms with Crippen LogP contribution < -0.4 is 5.73 Å². The maximum atomic E-state index is 6.44. The van der Waals surface area contributed by atoms with Crippen LogP contribution in [0.4, 0.5) is 0 Å². The Balaban J connectivity index is 0.000000783. The Kier molecular flexibility index (Phi) is 16.7. The van der Waals surface area contributed by atoms with Crippen LogP contribution in [-0.2, 0) is 11.2 Å². The van der Waals surface area contributed by atoms with Gasteiger partial charge in [0.2, 0.25) is 0 Å². The summed E-state index contributed by atoms with van der Waals surface area (Å²) in [6.07, 6.45) is 31.9. The molecule has 3 aliphatic rings. The van der Waals surface area contributed by atoms with E-state index in [1.165, 1.54) is 23.0 Å². The van der Waals surface area contributed by atoms with E-state index in [1.54, 1.807) is 0 Å². The average Bonchev–Trinajstić information content (AvgIpc) is 3.24. The number of allylic oxidation sites excluding steroid dienone is 11. The van der Waals surface area contributed by atoms with Gasteiger partial charge in [0.15, 0.2) is 0 Å². The van der Waals surface area contributed by atoms with Gasteiger partial charge in [0.1, 0.15) is 0 Å². The Morgan fingerprint density at radius 1 is 0.961 bits per heavy atom. The molecule has 2 heterocycles. The van der Waals surface area contributed by atoms with Crippen molar-refractivity contribution in [3.8, 4) is 0 Å². The lowest BCUT2D eigenvalue weighted by Gasteiger charge is -2.31. The fourth-order valence-electron chi connectivity index (χ4n) is 6.03. The van der Waals surface area contributed by atoms with Gasteiger partial charge in [-0.05, 0) is 61.5 Å². The maximum Gasteiger partial charge on any atom is 0.0860 e. The summed E-state index contributed by atoms with van der Waals surface area (Å²) in [5.74, 6) is 0. The Bertz CT molecular complexity index is 1760. The van der Waals surface area contributed by atoms with E-state index >= 15 is 0 Å². The summed E-state index contributed by atoms with van der Waals surface area (Å²) in [6, 6.07) is 20.7. The van der Waals surface area contributed by atoms with E-state index in [4.69, 9.17) is 10.5 Å². The van der Waals surface area contributed by atoms with Gasteiger partial charge in [-0.1, -0.05) is 167 Å². The van der Waals surface area contributed by atoms with E-state index in [-0.39, 0.29) is 12.8 Å². The van der Waals surface area contributed by atoms with E-state index in [9.17, 15) is 0 Å². The van der Waals surface area contributed by atoms with Crippen molar-refractivity contribution in [3.63, 3.8) is 0 Å². The molecule has 2 aromatic rings. The Hall–Kier alpha value is -5.19. The van der Waals surface area contributed by atoms with Gasteiger partial charge in [-0.2, -0.15) is 0 Å². The molecule has 0 saturated heterocycles. The van der Waals surface area contributed by atoms with Gasteiger partial charge in [0.05, 0.1) is 25.2 Å². The van der Waals surface area contributed by atoms with E-state index < -0.39 is 0 Å². The highest BCUT2D eigenvalue weighted by atomic mass is 16.5. The molecule has 0 fully saturated rings. The van der Waals surface area contributed by atoms with Gasteiger partial charge >= 0.3 is 0 Å². The predicted molar refractivity (Wildman–Crippen MR) is 221 cm³/mol. The first-order chi connectivity index (χ1) is 24.4. The first kappa shape index (κ1) is 40.2. The number of hydrogen-bond acceptors (Lipinski definition) is 3. The SMILES string of the molecule is C.C=C1/C=C\C=C/CN(C/C(C)=C(\C=C/CC)C(=C/Cc2ccccc2)/N=CN)C2=C\1COCC1(C=CC=CC1)C(=C)/C=C\2.Cc1ccccc1. The molecular formula is C47H57N3O. The molecule has 0 saturated carbocycles. The zero-order valence-electron chi connectivity index (χ0n) is 30.1. The molecule has 0 radical (unpaired) electrons. The highest BCUT2D eigenvalue weighted by Gasteiger charge is 2.31. The number of nitrogens with two attached hydrogens (primary N) is 1. The van der Waals surface area contributed by atoms with Crippen molar-refractivity contribution in [2.24, 2.45) is 16.1 Å². The summed E-state index contributed by atoms with van der Waals surface area (Å²) in [4.78, 5) is 7.02. The Morgan fingerprint density at radius 3 is 2.33 bits per heavy atom. The molecule has 1 aliphatic carbocycles. The molecule has 1 spiro atoms.